The lowest BCUT2D eigenvalue weighted by molar-refractivity contribution is 0.245. The topological polar surface area (TPSA) is 88.2 Å². The van der Waals surface area contributed by atoms with E-state index in [1.54, 1.807) is 23.6 Å². The lowest BCUT2D eigenvalue weighted by Crippen LogP contribution is -2.28. The average molecular weight is 382 g/mol. The summed E-state index contributed by atoms with van der Waals surface area (Å²) in [7, 11) is 0. The molecule has 2 aromatic rings. The predicted octanol–water partition coefficient (Wildman–Crippen LogP) is 3.60. The molecule has 1 aliphatic heterocycles. The van der Waals surface area contributed by atoms with Gasteiger partial charge in [0.2, 0.25) is 5.88 Å². The maximum atomic E-state index is 11.9. The van der Waals surface area contributed by atoms with Gasteiger partial charge in [0.25, 0.3) is 0 Å². The molecule has 2 amide bonds. The Bertz CT molecular complexity index is 705. The van der Waals surface area contributed by atoms with Crippen molar-refractivity contribution in [1.29, 1.82) is 0 Å². The monoisotopic (exact) mass is 381 g/mol. The molecule has 134 valence electrons. The van der Waals surface area contributed by atoms with Crippen LogP contribution in [0.1, 0.15) is 19.3 Å². The Morgan fingerprint density at radius 1 is 1.28 bits per heavy atom. The Morgan fingerprint density at radius 3 is 2.84 bits per heavy atom. The van der Waals surface area contributed by atoms with Gasteiger partial charge in [-0.2, -0.15) is 4.98 Å². The molecule has 1 aliphatic rings. The van der Waals surface area contributed by atoms with Crippen molar-refractivity contribution in [2.45, 2.75) is 19.3 Å². The first-order valence-corrected chi connectivity index (χ1v) is 9.44. The first-order valence-electron chi connectivity index (χ1n) is 8.18. The fraction of sp³-hybridized carbons (Fsp3) is 0.438. The number of hydrogen-bond donors (Lipinski definition) is 3. The third-order valence-corrected chi connectivity index (χ3v) is 4.90. The number of aromatic nitrogens is 2. The molecule has 25 heavy (non-hydrogen) atoms. The Labute approximate surface area is 155 Å². The lowest BCUT2D eigenvalue weighted by Gasteiger charge is -2.22. The van der Waals surface area contributed by atoms with E-state index in [0.717, 1.165) is 19.5 Å². The van der Waals surface area contributed by atoms with Crippen molar-refractivity contribution >= 4 is 40.6 Å². The summed E-state index contributed by atoms with van der Waals surface area (Å²) in [6.07, 6.45) is 3.41. The van der Waals surface area contributed by atoms with Crippen molar-refractivity contribution in [3.8, 4) is 5.88 Å². The number of ether oxygens (including phenoxy) is 1. The summed E-state index contributed by atoms with van der Waals surface area (Å²) in [4.78, 5) is 20.2. The number of nitrogens with zero attached hydrogens (tertiary/aromatic N) is 2. The molecular formula is C16H20ClN5O2S. The second-order valence-corrected chi connectivity index (χ2v) is 7.20. The SMILES string of the molecule is O=C(Nc1cccc(OCCC2CCNCC2)n1)Nc1csc(Cl)n1. The highest BCUT2D eigenvalue weighted by molar-refractivity contribution is 7.14. The third-order valence-electron chi connectivity index (χ3n) is 3.92. The number of pyridine rings is 1. The summed E-state index contributed by atoms with van der Waals surface area (Å²) >= 11 is 6.98. The first kappa shape index (κ1) is 17.9. The molecule has 0 radical (unpaired) electrons. The number of amides is 2. The van der Waals surface area contributed by atoms with Crippen LogP contribution >= 0.6 is 22.9 Å². The molecule has 0 atom stereocenters. The normalized spacial score (nSPS) is 14.9. The number of anilines is 2. The molecule has 0 aliphatic carbocycles. The number of rotatable bonds is 6. The number of hydrogen-bond acceptors (Lipinski definition) is 6. The van der Waals surface area contributed by atoms with E-state index < -0.39 is 6.03 Å². The molecule has 0 aromatic carbocycles. The van der Waals surface area contributed by atoms with Gasteiger partial charge in [0.05, 0.1) is 6.61 Å². The molecule has 0 spiro atoms. The zero-order valence-electron chi connectivity index (χ0n) is 13.6. The van der Waals surface area contributed by atoms with Gasteiger partial charge < -0.3 is 10.1 Å². The number of halogens is 1. The van der Waals surface area contributed by atoms with Gasteiger partial charge in [0.1, 0.15) is 11.6 Å². The minimum absolute atomic E-state index is 0.373. The maximum Gasteiger partial charge on any atom is 0.326 e. The van der Waals surface area contributed by atoms with E-state index in [4.69, 9.17) is 16.3 Å². The maximum absolute atomic E-state index is 11.9. The molecule has 0 unspecified atom stereocenters. The number of urea groups is 1. The molecule has 0 bridgehead atoms. The zero-order chi connectivity index (χ0) is 17.5. The van der Waals surface area contributed by atoms with Crippen LogP contribution < -0.4 is 20.7 Å². The molecule has 3 rings (SSSR count). The van der Waals surface area contributed by atoms with Crippen molar-refractivity contribution in [2.75, 3.05) is 30.3 Å². The van der Waals surface area contributed by atoms with E-state index in [-0.39, 0.29) is 0 Å². The quantitative estimate of drug-likeness (QED) is 0.711. The Hall–Kier alpha value is -1.90. The van der Waals surface area contributed by atoms with Gasteiger partial charge >= 0.3 is 6.03 Å². The highest BCUT2D eigenvalue weighted by atomic mass is 35.5. The molecular weight excluding hydrogens is 362 g/mol. The fourth-order valence-corrected chi connectivity index (χ4v) is 3.33. The van der Waals surface area contributed by atoms with E-state index in [0.29, 0.717) is 34.5 Å². The van der Waals surface area contributed by atoms with Crippen molar-refractivity contribution in [3.63, 3.8) is 0 Å². The van der Waals surface area contributed by atoms with Crippen LogP contribution in [0.5, 0.6) is 5.88 Å². The molecule has 3 heterocycles. The number of carbonyl (C=O) groups is 1. The Morgan fingerprint density at radius 2 is 2.08 bits per heavy atom. The Balaban J connectivity index is 1.46. The summed E-state index contributed by atoms with van der Waals surface area (Å²) in [5.74, 6) is 2.03. The molecule has 0 saturated carbocycles. The molecule has 2 aromatic heterocycles. The fourth-order valence-electron chi connectivity index (χ4n) is 2.64. The number of piperidine rings is 1. The van der Waals surface area contributed by atoms with Gasteiger partial charge in [0.15, 0.2) is 4.47 Å². The summed E-state index contributed by atoms with van der Waals surface area (Å²) in [6, 6.07) is 4.85. The second kappa shape index (κ2) is 8.98. The largest absolute Gasteiger partial charge is 0.478 e. The van der Waals surface area contributed by atoms with E-state index in [1.807, 2.05) is 0 Å². The minimum Gasteiger partial charge on any atom is -0.478 e. The standard InChI is InChI=1S/C16H20ClN5O2S/c17-15-20-13(10-25-15)22-16(23)21-12-2-1-3-14(19-12)24-9-6-11-4-7-18-8-5-11/h1-3,10-11,18H,4-9H2,(H2,19,21,22,23). The van der Waals surface area contributed by atoms with Crippen LogP contribution in [0.4, 0.5) is 16.4 Å². The van der Waals surface area contributed by atoms with Crippen LogP contribution in [0.15, 0.2) is 23.6 Å². The van der Waals surface area contributed by atoms with E-state index >= 15 is 0 Å². The van der Waals surface area contributed by atoms with Crippen molar-refractivity contribution in [3.05, 3.63) is 28.0 Å². The third kappa shape index (κ3) is 5.84. The van der Waals surface area contributed by atoms with Crippen LogP contribution in [0.25, 0.3) is 0 Å². The van der Waals surface area contributed by atoms with Crippen molar-refractivity contribution in [2.24, 2.45) is 5.92 Å². The molecule has 3 N–H and O–H groups in total. The highest BCUT2D eigenvalue weighted by Crippen LogP contribution is 2.19. The number of thiazole rings is 1. The van der Waals surface area contributed by atoms with Gasteiger partial charge in [-0.05, 0) is 44.3 Å². The minimum atomic E-state index is -0.429. The van der Waals surface area contributed by atoms with Gasteiger partial charge in [-0.25, -0.2) is 9.78 Å². The summed E-state index contributed by atoms with van der Waals surface area (Å²) < 4.78 is 6.09. The molecule has 9 heteroatoms. The first-order chi connectivity index (χ1) is 12.2. The molecule has 1 fully saturated rings. The molecule has 7 nitrogen and oxygen atoms in total. The summed E-state index contributed by atoms with van der Waals surface area (Å²) in [5.41, 5.74) is 0. The van der Waals surface area contributed by atoms with Gasteiger partial charge in [-0.3, -0.25) is 10.6 Å². The van der Waals surface area contributed by atoms with Gasteiger partial charge in [-0.1, -0.05) is 17.7 Å². The van der Waals surface area contributed by atoms with Gasteiger partial charge in [0, 0.05) is 11.4 Å². The zero-order valence-corrected chi connectivity index (χ0v) is 15.2. The predicted molar refractivity (Wildman–Crippen MR) is 99.7 cm³/mol. The highest BCUT2D eigenvalue weighted by Gasteiger charge is 2.13. The van der Waals surface area contributed by atoms with E-state index in [1.165, 1.54) is 24.2 Å². The summed E-state index contributed by atoms with van der Waals surface area (Å²) in [6.45, 7) is 2.80. The van der Waals surface area contributed by atoms with Gasteiger partial charge in [-0.15, -0.1) is 11.3 Å². The average Bonchev–Trinajstić information content (AvgIpc) is 3.01. The molecule has 1 saturated heterocycles. The van der Waals surface area contributed by atoms with Crippen LogP contribution in [0.2, 0.25) is 4.47 Å². The lowest BCUT2D eigenvalue weighted by atomic mass is 9.95. The van der Waals surface area contributed by atoms with Crippen molar-refractivity contribution < 1.29 is 9.53 Å². The number of nitrogens with one attached hydrogen (secondary N) is 3. The summed E-state index contributed by atoms with van der Waals surface area (Å²) in [5, 5.41) is 10.3. The smallest absolute Gasteiger partial charge is 0.326 e. The van der Waals surface area contributed by atoms with Crippen LogP contribution in [0.3, 0.4) is 0 Å². The Kier molecular flexibility index (Phi) is 6.43. The number of carbonyl (C=O) groups excluding carboxylic acids is 1. The van der Waals surface area contributed by atoms with Crippen LogP contribution in [0, 0.1) is 5.92 Å². The van der Waals surface area contributed by atoms with E-state index in [2.05, 4.69) is 25.9 Å². The van der Waals surface area contributed by atoms with Crippen molar-refractivity contribution in [1.82, 2.24) is 15.3 Å². The van der Waals surface area contributed by atoms with Crippen LogP contribution in [-0.2, 0) is 0 Å². The second-order valence-electron chi connectivity index (χ2n) is 5.76. The van der Waals surface area contributed by atoms with Crippen LogP contribution in [-0.4, -0.2) is 35.7 Å². The van der Waals surface area contributed by atoms with E-state index in [9.17, 15) is 4.79 Å².